The molecule has 0 saturated carbocycles. The topological polar surface area (TPSA) is 71.2 Å². The monoisotopic (exact) mass is 290 g/mol. The largest absolute Gasteiger partial charge is 0.372 e. The Bertz CT molecular complexity index is 627. The van der Waals surface area contributed by atoms with Crippen molar-refractivity contribution >= 4 is 33.8 Å². The zero-order valence-corrected chi connectivity index (χ0v) is 12.2. The average Bonchev–Trinajstić information content (AvgIpc) is 3.11. The molecule has 0 radical (unpaired) electrons. The third-order valence-corrected chi connectivity index (χ3v) is 4.80. The molecule has 20 heavy (non-hydrogen) atoms. The molecule has 0 spiro atoms. The second kappa shape index (κ2) is 5.38. The Hall–Kier alpha value is -1.66. The number of pyridine rings is 1. The number of nitrogens with zero attached hydrogens (tertiary/aromatic N) is 2. The van der Waals surface area contributed by atoms with Crippen molar-refractivity contribution in [1.29, 1.82) is 0 Å². The molecule has 2 unspecified atom stereocenters. The highest BCUT2D eigenvalue weighted by atomic mass is 32.1. The fraction of sp³-hybridized carbons (Fsp3) is 0.429. The Morgan fingerprint density at radius 2 is 2.35 bits per heavy atom. The zero-order chi connectivity index (χ0) is 14.1. The van der Waals surface area contributed by atoms with Gasteiger partial charge in [-0.1, -0.05) is 0 Å². The first-order valence-corrected chi connectivity index (χ1v) is 7.55. The highest BCUT2D eigenvalue weighted by Crippen LogP contribution is 2.31. The standard InChI is InChI=1S/C13H15N3S.CH3NO/c1-8-4-9-2-3-12(15-13(9)17-8)16-7-10-5-11(16)6-14-10;2-1-3/h2-4,10-11,14H,5-7H2,1H3;1H,(H2,2,3). The molecule has 0 aliphatic carbocycles. The molecule has 0 aromatic carbocycles. The summed E-state index contributed by atoms with van der Waals surface area (Å²) in [6.45, 7) is 4.38. The summed E-state index contributed by atoms with van der Waals surface area (Å²) in [6.07, 6.45) is 1.53. The summed E-state index contributed by atoms with van der Waals surface area (Å²) in [5, 5.41) is 4.81. The summed E-state index contributed by atoms with van der Waals surface area (Å²) in [4.78, 5) is 18.4. The van der Waals surface area contributed by atoms with Crippen LogP contribution >= 0.6 is 11.3 Å². The van der Waals surface area contributed by atoms with E-state index in [9.17, 15) is 0 Å². The van der Waals surface area contributed by atoms with Gasteiger partial charge in [0.25, 0.3) is 0 Å². The van der Waals surface area contributed by atoms with Crippen LogP contribution in [0.1, 0.15) is 11.3 Å². The fourth-order valence-corrected chi connectivity index (χ4v) is 3.91. The van der Waals surface area contributed by atoms with Crippen LogP contribution in [-0.2, 0) is 4.79 Å². The molecule has 2 saturated heterocycles. The quantitative estimate of drug-likeness (QED) is 0.776. The van der Waals surface area contributed by atoms with Crippen LogP contribution in [0.5, 0.6) is 0 Å². The maximum Gasteiger partial charge on any atom is 0.204 e. The van der Waals surface area contributed by atoms with Crippen LogP contribution in [0.15, 0.2) is 18.2 Å². The van der Waals surface area contributed by atoms with Crippen LogP contribution < -0.4 is 16.0 Å². The predicted molar refractivity (Wildman–Crippen MR) is 82.2 cm³/mol. The molecule has 2 aromatic rings. The van der Waals surface area contributed by atoms with Crippen LogP contribution in [0, 0.1) is 6.92 Å². The number of aromatic nitrogens is 1. The molecule has 6 heteroatoms. The number of piperazine rings is 1. The minimum atomic E-state index is 0.250. The van der Waals surface area contributed by atoms with Crippen molar-refractivity contribution in [2.75, 3.05) is 18.0 Å². The Morgan fingerprint density at radius 3 is 3.00 bits per heavy atom. The van der Waals surface area contributed by atoms with Gasteiger partial charge in [0, 0.05) is 35.4 Å². The number of nitrogens with two attached hydrogens (primary N) is 1. The van der Waals surface area contributed by atoms with Crippen molar-refractivity contribution in [1.82, 2.24) is 10.3 Å². The molecule has 1 amide bonds. The SMILES string of the molecule is Cc1cc2ccc(N3CC4CC3CN4)nc2s1.NC=O. The van der Waals surface area contributed by atoms with Crippen LogP contribution in [0.3, 0.4) is 0 Å². The smallest absolute Gasteiger partial charge is 0.204 e. The maximum absolute atomic E-state index is 8.58. The Kier molecular flexibility index (Phi) is 3.58. The van der Waals surface area contributed by atoms with Gasteiger partial charge >= 0.3 is 0 Å². The lowest BCUT2D eigenvalue weighted by Gasteiger charge is -2.28. The maximum atomic E-state index is 8.58. The molecular weight excluding hydrogens is 272 g/mol. The summed E-state index contributed by atoms with van der Waals surface area (Å²) < 4.78 is 0. The molecule has 2 atom stereocenters. The lowest BCUT2D eigenvalue weighted by Crippen LogP contribution is -2.43. The molecule has 2 aliphatic rings. The first-order chi connectivity index (χ1) is 9.71. The van der Waals surface area contributed by atoms with E-state index in [1.165, 1.54) is 21.5 Å². The summed E-state index contributed by atoms with van der Waals surface area (Å²) >= 11 is 1.79. The number of amides is 1. The van der Waals surface area contributed by atoms with Crippen molar-refractivity contribution in [3.8, 4) is 0 Å². The molecule has 2 fully saturated rings. The van der Waals surface area contributed by atoms with Crippen LogP contribution in [0.25, 0.3) is 10.2 Å². The number of carbonyl (C=O) groups is 1. The van der Waals surface area contributed by atoms with Gasteiger partial charge in [0.05, 0.1) is 0 Å². The highest BCUT2D eigenvalue weighted by molar-refractivity contribution is 7.18. The zero-order valence-electron chi connectivity index (χ0n) is 11.4. The molecular formula is C14H18N4OS. The molecule has 2 bridgehead atoms. The minimum Gasteiger partial charge on any atom is -0.372 e. The molecule has 3 N–H and O–H groups in total. The van der Waals surface area contributed by atoms with E-state index in [4.69, 9.17) is 9.78 Å². The normalized spacial score (nSPS) is 23.8. The molecule has 2 aliphatic heterocycles. The first-order valence-electron chi connectivity index (χ1n) is 6.74. The van der Waals surface area contributed by atoms with E-state index in [2.05, 4.69) is 41.1 Å². The van der Waals surface area contributed by atoms with Crippen molar-refractivity contribution in [3.63, 3.8) is 0 Å². The third-order valence-electron chi connectivity index (χ3n) is 3.84. The second-order valence-corrected chi connectivity index (χ2v) is 6.44. The number of hydrogen-bond donors (Lipinski definition) is 2. The van der Waals surface area contributed by atoms with Gasteiger partial charge < -0.3 is 16.0 Å². The highest BCUT2D eigenvalue weighted by Gasteiger charge is 2.38. The van der Waals surface area contributed by atoms with Crippen LogP contribution in [0.2, 0.25) is 0 Å². The summed E-state index contributed by atoms with van der Waals surface area (Å²) in [6, 6.07) is 7.94. The Balaban J connectivity index is 0.000000373. The molecule has 5 nitrogen and oxygen atoms in total. The van der Waals surface area contributed by atoms with E-state index in [0.29, 0.717) is 12.1 Å². The average molecular weight is 290 g/mol. The first kappa shape index (κ1) is 13.3. The lowest BCUT2D eigenvalue weighted by atomic mass is 10.2. The number of thiophene rings is 1. The number of nitrogens with one attached hydrogen (secondary N) is 1. The van der Waals surface area contributed by atoms with Gasteiger partial charge in [-0.3, -0.25) is 4.79 Å². The Labute approximate surface area is 121 Å². The van der Waals surface area contributed by atoms with Gasteiger partial charge in [-0.2, -0.15) is 0 Å². The number of primary amides is 1. The number of aryl methyl sites for hydroxylation is 1. The van der Waals surface area contributed by atoms with E-state index >= 15 is 0 Å². The summed E-state index contributed by atoms with van der Waals surface area (Å²) in [5.74, 6) is 1.16. The second-order valence-electron chi connectivity index (χ2n) is 5.20. The minimum absolute atomic E-state index is 0.250. The van der Waals surface area contributed by atoms with Gasteiger partial charge in [-0.25, -0.2) is 4.98 Å². The molecule has 4 heterocycles. The lowest BCUT2D eigenvalue weighted by molar-refractivity contribution is -0.106. The van der Waals surface area contributed by atoms with Crippen molar-refractivity contribution in [3.05, 3.63) is 23.1 Å². The van der Waals surface area contributed by atoms with E-state index in [0.717, 1.165) is 18.9 Å². The van der Waals surface area contributed by atoms with Crippen molar-refractivity contribution < 1.29 is 4.79 Å². The number of fused-ring (bicyclic) bond motifs is 3. The van der Waals surface area contributed by atoms with Crippen LogP contribution in [-0.4, -0.2) is 36.6 Å². The van der Waals surface area contributed by atoms with Gasteiger partial charge in [-0.15, -0.1) is 11.3 Å². The van der Waals surface area contributed by atoms with Gasteiger partial charge in [0.1, 0.15) is 10.6 Å². The Morgan fingerprint density at radius 1 is 1.55 bits per heavy atom. The van der Waals surface area contributed by atoms with E-state index in [-0.39, 0.29) is 6.41 Å². The van der Waals surface area contributed by atoms with Crippen molar-refractivity contribution in [2.45, 2.75) is 25.4 Å². The summed E-state index contributed by atoms with van der Waals surface area (Å²) in [5.41, 5.74) is 4.17. The van der Waals surface area contributed by atoms with E-state index in [1.807, 2.05) is 0 Å². The molecule has 4 rings (SSSR count). The summed E-state index contributed by atoms with van der Waals surface area (Å²) in [7, 11) is 0. The third kappa shape index (κ3) is 2.36. The molecule has 106 valence electrons. The van der Waals surface area contributed by atoms with E-state index < -0.39 is 0 Å². The number of anilines is 1. The van der Waals surface area contributed by atoms with Gasteiger partial charge in [-0.05, 0) is 31.5 Å². The predicted octanol–water partition coefficient (Wildman–Crippen LogP) is 1.26. The molecule has 2 aromatic heterocycles. The van der Waals surface area contributed by atoms with Gasteiger partial charge in [0.2, 0.25) is 6.41 Å². The van der Waals surface area contributed by atoms with E-state index in [1.54, 1.807) is 11.3 Å². The van der Waals surface area contributed by atoms with Crippen LogP contribution in [0.4, 0.5) is 5.82 Å². The number of hydrogen-bond acceptors (Lipinski definition) is 5. The fourth-order valence-electron chi connectivity index (χ4n) is 3.04. The van der Waals surface area contributed by atoms with Crippen molar-refractivity contribution in [2.24, 2.45) is 5.73 Å². The number of rotatable bonds is 1. The van der Waals surface area contributed by atoms with Gasteiger partial charge in [0.15, 0.2) is 0 Å². The number of carbonyl (C=O) groups excluding carboxylic acids is 1.